The zero-order valence-corrected chi connectivity index (χ0v) is 9.92. The van der Waals surface area contributed by atoms with Crippen LogP contribution in [0, 0.1) is 23.7 Å². The maximum atomic E-state index is 5.74. The minimum atomic E-state index is 0.670. The van der Waals surface area contributed by atoms with Crippen LogP contribution in [0.25, 0.3) is 0 Å². The topological polar surface area (TPSA) is 38.0 Å². The lowest BCUT2D eigenvalue weighted by Gasteiger charge is -2.17. The second kappa shape index (κ2) is 5.72. The molecule has 1 saturated carbocycles. The highest BCUT2D eigenvalue weighted by molar-refractivity contribution is 4.84. The largest absolute Gasteiger partial charge is 0.330 e. The number of hydrogen-bond donors (Lipinski definition) is 2. The van der Waals surface area contributed by atoms with E-state index >= 15 is 0 Å². The van der Waals surface area contributed by atoms with Crippen molar-refractivity contribution in [3.63, 3.8) is 0 Å². The van der Waals surface area contributed by atoms with Crippen molar-refractivity contribution in [1.82, 2.24) is 5.32 Å². The van der Waals surface area contributed by atoms with Crippen molar-refractivity contribution in [2.24, 2.45) is 29.4 Å². The number of nitrogens with two attached hydrogens (primary N) is 1. The van der Waals surface area contributed by atoms with Gasteiger partial charge in [0.2, 0.25) is 0 Å². The monoisotopic (exact) mass is 198 g/mol. The van der Waals surface area contributed by atoms with Crippen LogP contribution in [0.3, 0.4) is 0 Å². The number of hydrogen-bond acceptors (Lipinski definition) is 2. The molecule has 2 nitrogen and oxygen atoms in total. The molecule has 0 aromatic heterocycles. The van der Waals surface area contributed by atoms with Crippen LogP contribution in [-0.2, 0) is 0 Å². The molecule has 2 heteroatoms. The highest BCUT2D eigenvalue weighted by atomic mass is 14.9. The minimum absolute atomic E-state index is 0.670. The second-order valence-electron chi connectivity index (χ2n) is 5.36. The van der Waals surface area contributed by atoms with Crippen LogP contribution in [-0.4, -0.2) is 19.6 Å². The van der Waals surface area contributed by atoms with Crippen molar-refractivity contribution in [3.8, 4) is 0 Å². The summed E-state index contributed by atoms with van der Waals surface area (Å²) in [6.45, 7) is 10.0. The van der Waals surface area contributed by atoms with Crippen molar-refractivity contribution >= 4 is 0 Å². The molecule has 1 rings (SSSR count). The van der Waals surface area contributed by atoms with Crippen LogP contribution < -0.4 is 11.1 Å². The average Bonchev–Trinajstić information content (AvgIpc) is 2.79. The Balaban J connectivity index is 2.02. The normalized spacial score (nSPS) is 28.1. The van der Waals surface area contributed by atoms with Gasteiger partial charge in [0.05, 0.1) is 0 Å². The molecule has 0 aliphatic heterocycles. The Bertz CT molecular complexity index is 156. The van der Waals surface area contributed by atoms with E-state index in [0.29, 0.717) is 5.92 Å². The van der Waals surface area contributed by atoms with Crippen LogP contribution in [0.4, 0.5) is 0 Å². The lowest BCUT2D eigenvalue weighted by atomic mass is 9.97. The summed E-state index contributed by atoms with van der Waals surface area (Å²) in [6.07, 6.45) is 2.67. The van der Waals surface area contributed by atoms with E-state index in [0.717, 1.165) is 30.8 Å². The first-order valence-electron chi connectivity index (χ1n) is 6.04. The zero-order chi connectivity index (χ0) is 10.6. The van der Waals surface area contributed by atoms with E-state index in [2.05, 4.69) is 26.1 Å². The van der Waals surface area contributed by atoms with Crippen LogP contribution in [0.2, 0.25) is 0 Å². The molecule has 1 fully saturated rings. The summed E-state index contributed by atoms with van der Waals surface area (Å²) in [7, 11) is 0. The third kappa shape index (κ3) is 4.43. The van der Waals surface area contributed by atoms with Gasteiger partial charge in [-0.3, -0.25) is 0 Å². The van der Waals surface area contributed by atoms with Crippen LogP contribution in [0.15, 0.2) is 0 Å². The molecule has 0 bridgehead atoms. The molecule has 3 unspecified atom stereocenters. The van der Waals surface area contributed by atoms with Crippen LogP contribution in [0.1, 0.15) is 33.6 Å². The van der Waals surface area contributed by atoms with E-state index in [1.165, 1.54) is 19.4 Å². The van der Waals surface area contributed by atoms with E-state index < -0.39 is 0 Å². The molecule has 3 atom stereocenters. The molecular weight excluding hydrogens is 172 g/mol. The molecule has 14 heavy (non-hydrogen) atoms. The Hall–Kier alpha value is -0.0800. The summed E-state index contributed by atoms with van der Waals surface area (Å²) in [5.74, 6) is 3.35. The summed E-state index contributed by atoms with van der Waals surface area (Å²) in [5, 5.41) is 3.55. The molecule has 84 valence electrons. The first-order valence-corrected chi connectivity index (χ1v) is 6.04. The summed E-state index contributed by atoms with van der Waals surface area (Å²) in [5.41, 5.74) is 5.74. The highest BCUT2D eigenvalue weighted by Gasteiger charge is 2.31. The molecule has 3 N–H and O–H groups in total. The maximum Gasteiger partial charge on any atom is -0.000824 e. The predicted molar refractivity (Wildman–Crippen MR) is 62.1 cm³/mol. The van der Waals surface area contributed by atoms with E-state index in [4.69, 9.17) is 5.73 Å². The lowest BCUT2D eigenvalue weighted by Crippen LogP contribution is -2.30. The minimum Gasteiger partial charge on any atom is -0.330 e. The number of nitrogens with one attached hydrogen (secondary N) is 1. The van der Waals surface area contributed by atoms with Gasteiger partial charge >= 0.3 is 0 Å². The van der Waals surface area contributed by atoms with Crippen LogP contribution in [0.5, 0.6) is 0 Å². The van der Waals surface area contributed by atoms with E-state index in [9.17, 15) is 0 Å². The van der Waals surface area contributed by atoms with Gasteiger partial charge in [-0.2, -0.15) is 0 Å². The van der Waals surface area contributed by atoms with E-state index in [-0.39, 0.29) is 0 Å². The SMILES string of the molecule is CC(C)CC(CN)CNCC1CC1C. The van der Waals surface area contributed by atoms with Crippen LogP contribution >= 0.6 is 0 Å². The maximum absolute atomic E-state index is 5.74. The highest BCUT2D eigenvalue weighted by Crippen LogP contribution is 2.36. The Morgan fingerprint density at radius 1 is 1.43 bits per heavy atom. The first-order chi connectivity index (χ1) is 6.63. The van der Waals surface area contributed by atoms with E-state index in [1.54, 1.807) is 0 Å². The van der Waals surface area contributed by atoms with Gasteiger partial charge in [0, 0.05) is 0 Å². The summed E-state index contributed by atoms with van der Waals surface area (Å²) in [4.78, 5) is 0. The molecular formula is C12H26N2. The summed E-state index contributed by atoms with van der Waals surface area (Å²) < 4.78 is 0. The van der Waals surface area contributed by atoms with Gasteiger partial charge in [-0.1, -0.05) is 20.8 Å². The zero-order valence-electron chi connectivity index (χ0n) is 9.92. The molecule has 0 saturated heterocycles. The van der Waals surface area contributed by atoms with Gasteiger partial charge < -0.3 is 11.1 Å². The first kappa shape index (κ1) is 12.0. The third-order valence-electron chi connectivity index (χ3n) is 3.25. The molecule has 0 aromatic carbocycles. The standard InChI is InChI=1S/C12H26N2/c1-9(2)4-11(6-13)7-14-8-12-5-10(12)3/h9-12,14H,4-8,13H2,1-3H3. The second-order valence-corrected chi connectivity index (χ2v) is 5.36. The summed E-state index contributed by atoms with van der Waals surface area (Å²) in [6, 6.07) is 0. The molecule has 0 heterocycles. The Kier molecular flexibility index (Phi) is 4.90. The lowest BCUT2D eigenvalue weighted by molar-refractivity contribution is 0.390. The van der Waals surface area contributed by atoms with Crippen molar-refractivity contribution in [2.45, 2.75) is 33.6 Å². The Labute approximate surface area is 88.6 Å². The van der Waals surface area contributed by atoms with Gasteiger partial charge in [0.15, 0.2) is 0 Å². The summed E-state index contributed by atoms with van der Waals surface area (Å²) >= 11 is 0. The van der Waals surface area contributed by atoms with Crippen molar-refractivity contribution in [1.29, 1.82) is 0 Å². The predicted octanol–water partition coefficient (Wildman–Crippen LogP) is 1.85. The van der Waals surface area contributed by atoms with Gasteiger partial charge in [0.25, 0.3) is 0 Å². The van der Waals surface area contributed by atoms with Crippen molar-refractivity contribution in [3.05, 3.63) is 0 Å². The fraction of sp³-hybridized carbons (Fsp3) is 1.00. The van der Waals surface area contributed by atoms with Crippen molar-refractivity contribution in [2.75, 3.05) is 19.6 Å². The fourth-order valence-corrected chi connectivity index (χ4v) is 2.09. The fourth-order valence-electron chi connectivity index (χ4n) is 2.09. The van der Waals surface area contributed by atoms with Gasteiger partial charge in [0.1, 0.15) is 0 Å². The van der Waals surface area contributed by atoms with Gasteiger partial charge in [-0.05, 0) is 56.1 Å². The average molecular weight is 198 g/mol. The molecule has 0 radical (unpaired) electrons. The van der Waals surface area contributed by atoms with Gasteiger partial charge in [-0.25, -0.2) is 0 Å². The van der Waals surface area contributed by atoms with E-state index in [1.807, 2.05) is 0 Å². The molecule has 0 amide bonds. The van der Waals surface area contributed by atoms with Gasteiger partial charge in [-0.15, -0.1) is 0 Å². The molecule has 0 aromatic rings. The molecule has 1 aliphatic rings. The number of rotatable bonds is 7. The third-order valence-corrected chi connectivity index (χ3v) is 3.25. The quantitative estimate of drug-likeness (QED) is 0.655. The molecule has 0 spiro atoms. The Morgan fingerprint density at radius 2 is 2.07 bits per heavy atom. The smallest absolute Gasteiger partial charge is 0.000824 e. The molecule has 1 aliphatic carbocycles. The van der Waals surface area contributed by atoms with Crippen molar-refractivity contribution < 1.29 is 0 Å². The Morgan fingerprint density at radius 3 is 2.50 bits per heavy atom.